The van der Waals surface area contributed by atoms with Crippen molar-refractivity contribution < 1.29 is 4.74 Å². The molecule has 2 rings (SSSR count). The summed E-state index contributed by atoms with van der Waals surface area (Å²) in [6, 6.07) is 1.83. The number of ether oxygens (including phenoxy) is 1. The number of rotatable bonds is 6. The summed E-state index contributed by atoms with van der Waals surface area (Å²) >= 11 is 0. The highest BCUT2D eigenvalue weighted by molar-refractivity contribution is 5.44. The number of anilines is 1. The summed E-state index contributed by atoms with van der Waals surface area (Å²) < 4.78 is 6.84. The van der Waals surface area contributed by atoms with E-state index in [9.17, 15) is 4.79 Å². The zero-order valence-electron chi connectivity index (χ0n) is 12.3. The quantitative estimate of drug-likeness (QED) is 0.826. The summed E-state index contributed by atoms with van der Waals surface area (Å²) in [6.45, 7) is 4.33. The summed E-state index contributed by atoms with van der Waals surface area (Å²) in [5.74, 6) is 0. The van der Waals surface area contributed by atoms with Crippen molar-refractivity contribution in [2.45, 2.75) is 44.9 Å². The van der Waals surface area contributed by atoms with Crippen molar-refractivity contribution in [3.05, 3.63) is 22.6 Å². The van der Waals surface area contributed by atoms with Crippen LogP contribution in [0.1, 0.15) is 26.2 Å². The van der Waals surface area contributed by atoms with Crippen molar-refractivity contribution in [3.63, 3.8) is 0 Å². The van der Waals surface area contributed by atoms with Crippen LogP contribution >= 0.6 is 0 Å². The van der Waals surface area contributed by atoms with Gasteiger partial charge in [-0.15, -0.1) is 0 Å². The summed E-state index contributed by atoms with van der Waals surface area (Å²) in [5, 5.41) is 4.25. The molecular weight excluding hydrogens is 256 g/mol. The third-order valence-corrected chi connectivity index (χ3v) is 3.73. The molecule has 6 nitrogen and oxygen atoms in total. The zero-order chi connectivity index (χ0) is 14.5. The maximum atomic E-state index is 12.0. The number of methoxy groups -OCH3 is 1. The smallest absolute Gasteiger partial charge is 0.268 e. The number of hydrogen-bond donors (Lipinski definition) is 1. The summed E-state index contributed by atoms with van der Waals surface area (Å²) in [5.41, 5.74) is 6.54. The lowest BCUT2D eigenvalue weighted by Crippen LogP contribution is -2.28. The van der Waals surface area contributed by atoms with Crippen LogP contribution in [-0.4, -0.2) is 42.1 Å². The van der Waals surface area contributed by atoms with Crippen LogP contribution in [0.15, 0.2) is 17.1 Å². The molecule has 0 aromatic carbocycles. The van der Waals surface area contributed by atoms with Crippen LogP contribution in [0.25, 0.3) is 0 Å². The van der Waals surface area contributed by atoms with E-state index in [1.54, 1.807) is 19.4 Å². The number of aryl methyl sites for hydroxylation is 1. The molecule has 2 unspecified atom stereocenters. The summed E-state index contributed by atoms with van der Waals surface area (Å²) in [6.07, 6.45) is 4.79. The van der Waals surface area contributed by atoms with Crippen molar-refractivity contribution >= 4 is 5.69 Å². The van der Waals surface area contributed by atoms with Gasteiger partial charge in [0.2, 0.25) is 0 Å². The zero-order valence-corrected chi connectivity index (χ0v) is 12.3. The van der Waals surface area contributed by atoms with Crippen LogP contribution in [0.2, 0.25) is 0 Å². The van der Waals surface area contributed by atoms with E-state index in [1.807, 2.05) is 6.92 Å². The highest BCUT2D eigenvalue weighted by Crippen LogP contribution is 2.19. The Morgan fingerprint density at radius 3 is 3.00 bits per heavy atom. The predicted octanol–water partition coefficient (Wildman–Crippen LogP) is 0.596. The van der Waals surface area contributed by atoms with Crippen LogP contribution in [-0.2, 0) is 11.3 Å². The fraction of sp³-hybridized carbons (Fsp3) is 0.714. The first-order valence-electron chi connectivity index (χ1n) is 7.20. The Morgan fingerprint density at radius 2 is 2.40 bits per heavy atom. The van der Waals surface area contributed by atoms with Gasteiger partial charge in [0, 0.05) is 38.9 Å². The molecule has 1 aliphatic heterocycles. The molecule has 0 bridgehead atoms. The molecule has 1 saturated heterocycles. The Hall–Kier alpha value is -1.40. The molecule has 6 heteroatoms. The van der Waals surface area contributed by atoms with Gasteiger partial charge in [-0.05, 0) is 26.2 Å². The van der Waals surface area contributed by atoms with Crippen LogP contribution < -0.4 is 16.2 Å². The topological polar surface area (TPSA) is 73.4 Å². The minimum absolute atomic E-state index is 0.0481. The van der Waals surface area contributed by atoms with Gasteiger partial charge in [0.15, 0.2) is 0 Å². The fourth-order valence-electron chi connectivity index (χ4n) is 2.48. The SMILES string of the molecule is COC1CCN(c2cnn(CCCC(C)N)c(=O)c2)C1. The van der Waals surface area contributed by atoms with Gasteiger partial charge in [0.25, 0.3) is 5.56 Å². The minimum Gasteiger partial charge on any atom is -0.380 e. The Morgan fingerprint density at radius 1 is 1.60 bits per heavy atom. The van der Waals surface area contributed by atoms with Crippen molar-refractivity contribution in [1.82, 2.24) is 9.78 Å². The molecule has 1 aliphatic rings. The second-order valence-electron chi connectivity index (χ2n) is 5.49. The molecule has 20 heavy (non-hydrogen) atoms. The molecule has 0 aliphatic carbocycles. The maximum absolute atomic E-state index is 12.0. The Bertz CT molecular complexity index is 486. The molecule has 2 atom stereocenters. The first-order chi connectivity index (χ1) is 9.60. The normalized spacial score (nSPS) is 20.4. The standard InChI is InChI=1S/C14H24N4O2/c1-11(15)4-3-6-18-14(19)8-12(9-16-18)17-7-5-13(10-17)20-2/h8-9,11,13H,3-7,10,15H2,1-2H3. The first-order valence-corrected chi connectivity index (χ1v) is 7.20. The van der Waals surface area contributed by atoms with Gasteiger partial charge < -0.3 is 15.4 Å². The molecule has 0 amide bonds. The predicted molar refractivity (Wildman–Crippen MR) is 79.0 cm³/mol. The molecular formula is C14H24N4O2. The molecule has 2 heterocycles. The van der Waals surface area contributed by atoms with E-state index in [-0.39, 0.29) is 17.7 Å². The van der Waals surface area contributed by atoms with Crippen molar-refractivity contribution in [2.24, 2.45) is 5.73 Å². The second-order valence-corrected chi connectivity index (χ2v) is 5.49. The van der Waals surface area contributed by atoms with E-state index >= 15 is 0 Å². The molecule has 0 radical (unpaired) electrons. The number of nitrogens with two attached hydrogens (primary N) is 1. The number of aromatic nitrogens is 2. The Labute approximate surface area is 119 Å². The monoisotopic (exact) mass is 280 g/mol. The van der Waals surface area contributed by atoms with E-state index in [4.69, 9.17) is 10.5 Å². The van der Waals surface area contributed by atoms with Crippen LogP contribution in [0, 0.1) is 0 Å². The molecule has 1 aromatic rings. The molecule has 1 aromatic heterocycles. The lowest BCUT2D eigenvalue weighted by atomic mass is 10.2. The summed E-state index contributed by atoms with van der Waals surface area (Å²) in [7, 11) is 1.73. The first kappa shape index (κ1) is 15.0. The average Bonchev–Trinajstić information content (AvgIpc) is 2.89. The molecule has 0 spiro atoms. The van der Waals surface area contributed by atoms with E-state index in [0.29, 0.717) is 6.54 Å². The van der Waals surface area contributed by atoms with Gasteiger partial charge in [0.1, 0.15) is 0 Å². The van der Waals surface area contributed by atoms with E-state index < -0.39 is 0 Å². The third-order valence-electron chi connectivity index (χ3n) is 3.73. The molecule has 2 N–H and O–H groups in total. The second kappa shape index (κ2) is 6.85. The van der Waals surface area contributed by atoms with E-state index in [0.717, 1.165) is 38.0 Å². The maximum Gasteiger partial charge on any atom is 0.268 e. The molecule has 0 saturated carbocycles. The van der Waals surface area contributed by atoms with Crippen LogP contribution in [0.4, 0.5) is 5.69 Å². The molecule has 112 valence electrons. The van der Waals surface area contributed by atoms with Gasteiger partial charge in [-0.25, -0.2) is 4.68 Å². The fourth-order valence-corrected chi connectivity index (χ4v) is 2.48. The lowest BCUT2D eigenvalue weighted by molar-refractivity contribution is 0.121. The highest BCUT2D eigenvalue weighted by atomic mass is 16.5. The van der Waals surface area contributed by atoms with Gasteiger partial charge >= 0.3 is 0 Å². The van der Waals surface area contributed by atoms with Crippen LogP contribution in [0.5, 0.6) is 0 Å². The highest BCUT2D eigenvalue weighted by Gasteiger charge is 2.22. The number of hydrogen-bond acceptors (Lipinski definition) is 5. The molecule has 1 fully saturated rings. The van der Waals surface area contributed by atoms with Gasteiger partial charge in [-0.1, -0.05) is 0 Å². The van der Waals surface area contributed by atoms with Gasteiger partial charge in [-0.2, -0.15) is 5.10 Å². The van der Waals surface area contributed by atoms with Gasteiger partial charge in [0.05, 0.1) is 18.0 Å². The summed E-state index contributed by atoms with van der Waals surface area (Å²) in [4.78, 5) is 14.2. The van der Waals surface area contributed by atoms with Crippen molar-refractivity contribution in [2.75, 3.05) is 25.1 Å². The third kappa shape index (κ3) is 3.80. The van der Waals surface area contributed by atoms with Gasteiger partial charge in [-0.3, -0.25) is 4.79 Å². The largest absolute Gasteiger partial charge is 0.380 e. The van der Waals surface area contributed by atoms with Crippen molar-refractivity contribution in [1.29, 1.82) is 0 Å². The number of nitrogens with zero attached hydrogens (tertiary/aromatic N) is 3. The van der Waals surface area contributed by atoms with E-state index in [2.05, 4.69) is 10.00 Å². The Balaban J connectivity index is 1.97. The van der Waals surface area contributed by atoms with E-state index in [1.165, 1.54) is 4.68 Å². The lowest BCUT2D eigenvalue weighted by Gasteiger charge is -2.18. The minimum atomic E-state index is -0.0481. The Kier molecular flexibility index (Phi) is 5.14. The van der Waals surface area contributed by atoms with Crippen molar-refractivity contribution in [3.8, 4) is 0 Å². The average molecular weight is 280 g/mol. The van der Waals surface area contributed by atoms with Crippen LogP contribution in [0.3, 0.4) is 0 Å².